The van der Waals surface area contributed by atoms with Gasteiger partial charge in [0.2, 0.25) is 0 Å². The largest absolute Gasteiger partial charge is 0.394 e. The number of hydrogen-bond acceptors (Lipinski definition) is 5. The minimum absolute atomic E-state index is 0.0376. The number of pyridine rings is 1. The van der Waals surface area contributed by atoms with Gasteiger partial charge in [-0.15, -0.1) is 0 Å². The van der Waals surface area contributed by atoms with Gasteiger partial charge in [-0.2, -0.15) is 0 Å². The standard InChI is InChI=1S/C15H17BClN3O4/c1-20-13(22)5-3-10(15(23)19-24-7-6-21)14(20)18-12-4-2-9(16)8-11(12)17/h2-5,8,18,21H,6-7,16H2,1H3,(H,19,23). The molecule has 0 aliphatic rings. The second-order valence-corrected chi connectivity index (χ2v) is 5.51. The zero-order valence-corrected chi connectivity index (χ0v) is 14.1. The Hall–Kier alpha value is -2.29. The van der Waals surface area contributed by atoms with Crippen molar-refractivity contribution in [3.8, 4) is 0 Å². The Bertz CT molecular complexity index is 810. The topological polar surface area (TPSA) is 92.6 Å². The van der Waals surface area contributed by atoms with Gasteiger partial charge in [0.05, 0.1) is 29.5 Å². The quantitative estimate of drug-likeness (QED) is 0.378. The molecule has 0 radical (unpaired) electrons. The lowest BCUT2D eigenvalue weighted by Gasteiger charge is -2.16. The van der Waals surface area contributed by atoms with Crippen molar-refractivity contribution >= 4 is 42.3 Å². The number of aliphatic hydroxyl groups is 1. The number of nitrogens with one attached hydrogen (secondary N) is 2. The summed E-state index contributed by atoms with van der Waals surface area (Å²) in [5.41, 5.74) is 3.68. The number of hydroxylamine groups is 1. The monoisotopic (exact) mass is 349 g/mol. The Labute approximate surface area is 144 Å². The number of anilines is 2. The van der Waals surface area contributed by atoms with Gasteiger partial charge >= 0.3 is 0 Å². The third-order valence-corrected chi connectivity index (χ3v) is 3.61. The summed E-state index contributed by atoms with van der Waals surface area (Å²) in [7, 11) is 3.45. The maximum Gasteiger partial charge on any atom is 0.278 e. The fourth-order valence-electron chi connectivity index (χ4n) is 2.04. The molecule has 2 rings (SSSR count). The van der Waals surface area contributed by atoms with Gasteiger partial charge in [-0.25, -0.2) is 5.48 Å². The van der Waals surface area contributed by atoms with Crippen molar-refractivity contribution in [2.24, 2.45) is 7.05 Å². The number of halogens is 1. The van der Waals surface area contributed by atoms with Gasteiger partial charge in [-0.05, 0) is 18.2 Å². The third-order valence-electron chi connectivity index (χ3n) is 3.29. The van der Waals surface area contributed by atoms with Crippen molar-refractivity contribution in [1.29, 1.82) is 0 Å². The minimum Gasteiger partial charge on any atom is -0.394 e. The summed E-state index contributed by atoms with van der Waals surface area (Å²) >= 11 is 6.20. The first-order chi connectivity index (χ1) is 11.4. The summed E-state index contributed by atoms with van der Waals surface area (Å²) in [4.78, 5) is 28.9. The van der Waals surface area contributed by atoms with E-state index in [-0.39, 0.29) is 30.2 Å². The van der Waals surface area contributed by atoms with Gasteiger partial charge < -0.3 is 10.4 Å². The molecule has 3 N–H and O–H groups in total. The van der Waals surface area contributed by atoms with Crippen molar-refractivity contribution in [3.05, 3.63) is 51.3 Å². The van der Waals surface area contributed by atoms with Crippen LogP contribution in [0.1, 0.15) is 10.4 Å². The maximum absolute atomic E-state index is 12.2. The number of carbonyl (C=O) groups is 1. The molecular weight excluding hydrogens is 332 g/mol. The number of rotatable bonds is 6. The van der Waals surface area contributed by atoms with Crippen LogP contribution >= 0.6 is 11.6 Å². The van der Waals surface area contributed by atoms with Gasteiger partial charge in [0.15, 0.2) is 0 Å². The summed E-state index contributed by atoms with van der Waals surface area (Å²) in [5.74, 6) is -0.275. The van der Waals surface area contributed by atoms with Gasteiger partial charge in [0.1, 0.15) is 13.7 Å². The number of amides is 1. The molecule has 0 unspecified atom stereocenters. The van der Waals surface area contributed by atoms with Crippen LogP contribution in [-0.4, -0.2) is 36.6 Å². The molecule has 1 amide bonds. The summed E-state index contributed by atoms with van der Waals surface area (Å²) in [6.45, 7) is -0.262. The predicted octanol–water partition coefficient (Wildman–Crippen LogP) is -0.306. The van der Waals surface area contributed by atoms with Gasteiger partial charge in [0, 0.05) is 13.1 Å². The zero-order valence-electron chi connectivity index (χ0n) is 13.3. The molecular formula is C15H17BClN3O4. The molecule has 0 saturated carbocycles. The van der Waals surface area contributed by atoms with E-state index in [1.165, 1.54) is 23.7 Å². The second kappa shape index (κ2) is 8.00. The molecule has 0 aliphatic heterocycles. The SMILES string of the molecule is Bc1ccc(Nc2c(C(=O)NOCCO)ccc(=O)n2C)c(Cl)c1. The van der Waals surface area contributed by atoms with Crippen molar-refractivity contribution in [3.63, 3.8) is 0 Å². The van der Waals surface area contributed by atoms with Gasteiger partial charge in [-0.1, -0.05) is 23.1 Å². The van der Waals surface area contributed by atoms with Gasteiger partial charge in [-0.3, -0.25) is 19.0 Å². The fourth-order valence-corrected chi connectivity index (χ4v) is 2.32. The number of aliphatic hydroxyl groups excluding tert-OH is 1. The lowest BCUT2D eigenvalue weighted by atomic mass is 9.96. The summed E-state index contributed by atoms with van der Waals surface area (Å²) in [5, 5.41) is 12.2. The average Bonchev–Trinajstić information content (AvgIpc) is 2.54. The Morgan fingerprint density at radius 3 is 2.79 bits per heavy atom. The number of hydrogen-bond donors (Lipinski definition) is 3. The number of carbonyl (C=O) groups excluding carboxylic acids is 1. The Kier molecular flexibility index (Phi) is 6.02. The van der Waals surface area contributed by atoms with E-state index in [2.05, 4.69) is 10.8 Å². The summed E-state index contributed by atoms with van der Waals surface area (Å²) in [6, 6.07) is 8.07. The fraction of sp³-hybridized carbons (Fsp3) is 0.200. The van der Waals surface area contributed by atoms with Crippen LogP contribution < -0.4 is 21.8 Å². The van der Waals surface area contributed by atoms with E-state index in [0.717, 1.165) is 5.46 Å². The van der Waals surface area contributed by atoms with Crippen LogP contribution in [0.2, 0.25) is 5.02 Å². The summed E-state index contributed by atoms with van der Waals surface area (Å²) in [6.07, 6.45) is 0. The van der Waals surface area contributed by atoms with E-state index in [9.17, 15) is 9.59 Å². The average molecular weight is 350 g/mol. The van der Waals surface area contributed by atoms with Crippen LogP contribution in [0.25, 0.3) is 0 Å². The van der Waals surface area contributed by atoms with E-state index in [1.54, 1.807) is 12.1 Å². The van der Waals surface area contributed by atoms with Crippen molar-refractivity contribution in [1.82, 2.24) is 10.0 Å². The predicted molar refractivity (Wildman–Crippen MR) is 95.1 cm³/mol. The lowest BCUT2D eigenvalue weighted by Crippen LogP contribution is -2.29. The second-order valence-electron chi connectivity index (χ2n) is 5.10. The van der Waals surface area contributed by atoms with Crippen LogP contribution in [0.4, 0.5) is 11.5 Å². The minimum atomic E-state index is -0.551. The maximum atomic E-state index is 12.2. The molecule has 2 aromatic rings. The lowest BCUT2D eigenvalue weighted by molar-refractivity contribution is 0.0168. The molecule has 7 nitrogen and oxygen atoms in total. The molecule has 0 atom stereocenters. The molecule has 24 heavy (non-hydrogen) atoms. The summed E-state index contributed by atoms with van der Waals surface area (Å²) < 4.78 is 1.30. The van der Waals surface area contributed by atoms with Crippen molar-refractivity contribution < 1.29 is 14.7 Å². The molecule has 0 aliphatic carbocycles. The molecule has 1 aromatic carbocycles. The first-order valence-corrected chi connectivity index (χ1v) is 7.58. The highest BCUT2D eigenvalue weighted by Gasteiger charge is 2.16. The molecule has 0 spiro atoms. The van der Waals surface area contributed by atoms with Crippen LogP contribution in [0.15, 0.2) is 35.1 Å². The van der Waals surface area contributed by atoms with E-state index < -0.39 is 5.91 Å². The molecule has 0 saturated heterocycles. The Morgan fingerprint density at radius 2 is 2.12 bits per heavy atom. The first kappa shape index (κ1) is 18.1. The molecule has 1 heterocycles. The van der Waals surface area contributed by atoms with E-state index in [1.807, 2.05) is 13.9 Å². The number of benzene rings is 1. The van der Waals surface area contributed by atoms with Crippen LogP contribution in [0.3, 0.4) is 0 Å². The van der Waals surface area contributed by atoms with Crippen LogP contribution in [-0.2, 0) is 11.9 Å². The third kappa shape index (κ3) is 4.17. The van der Waals surface area contributed by atoms with Crippen molar-refractivity contribution in [2.75, 3.05) is 18.5 Å². The van der Waals surface area contributed by atoms with E-state index in [0.29, 0.717) is 10.7 Å². The molecule has 1 aromatic heterocycles. The highest BCUT2D eigenvalue weighted by molar-refractivity contribution is 6.37. The molecule has 9 heteroatoms. The van der Waals surface area contributed by atoms with E-state index >= 15 is 0 Å². The number of nitrogens with zero attached hydrogens (tertiary/aromatic N) is 1. The molecule has 126 valence electrons. The Morgan fingerprint density at radius 1 is 1.38 bits per heavy atom. The van der Waals surface area contributed by atoms with Crippen molar-refractivity contribution in [2.45, 2.75) is 0 Å². The van der Waals surface area contributed by atoms with Crippen LogP contribution in [0.5, 0.6) is 0 Å². The highest BCUT2D eigenvalue weighted by atomic mass is 35.5. The van der Waals surface area contributed by atoms with Gasteiger partial charge in [0.25, 0.3) is 11.5 Å². The molecule has 0 bridgehead atoms. The van der Waals surface area contributed by atoms with E-state index in [4.69, 9.17) is 21.5 Å². The van der Waals surface area contributed by atoms with Crippen LogP contribution in [0, 0.1) is 0 Å². The zero-order chi connectivity index (χ0) is 17.7. The Balaban J connectivity index is 2.38. The number of aromatic nitrogens is 1. The smallest absolute Gasteiger partial charge is 0.278 e. The molecule has 0 fully saturated rings. The first-order valence-electron chi connectivity index (χ1n) is 7.20. The highest BCUT2D eigenvalue weighted by Crippen LogP contribution is 2.25. The normalized spacial score (nSPS) is 10.5.